The summed E-state index contributed by atoms with van der Waals surface area (Å²) in [7, 11) is -2.84. The molecule has 8 nitrogen and oxygen atoms in total. The summed E-state index contributed by atoms with van der Waals surface area (Å²) < 4.78 is 25.4. The predicted octanol–water partition coefficient (Wildman–Crippen LogP) is 2.74. The number of halogens is 1. The third kappa shape index (κ3) is 5.43. The Balaban J connectivity index is 2.08. The van der Waals surface area contributed by atoms with Gasteiger partial charge in [-0.15, -0.1) is 0 Å². The predicted molar refractivity (Wildman–Crippen MR) is 107 cm³/mol. The number of pyridine rings is 1. The normalized spacial score (nSPS) is 12.2. The van der Waals surface area contributed by atoms with Gasteiger partial charge in [-0.25, -0.2) is 8.42 Å². The van der Waals surface area contributed by atoms with Crippen LogP contribution < -0.4 is 10.6 Å². The summed E-state index contributed by atoms with van der Waals surface area (Å²) in [6.07, 6.45) is 3.71. The van der Waals surface area contributed by atoms with Gasteiger partial charge in [0.1, 0.15) is 0 Å². The Labute approximate surface area is 168 Å². The lowest BCUT2D eigenvalue weighted by Crippen LogP contribution is -2.31. The number of nitro groups is 1. The molecular weight excluding hydrogens is 404 g/mol. The number of rotatable bonds is 10. The lowest BCUT2D eigenvalue weighted by Gasteiger charge is -2.12. The first-order valence-corrected chi connectivity index (χ1v) is 10.4. The first-order valence-electron chi connectivity index (χ1n) is 8.57. The molecule has 10 heteroatoms. The number of aryl methyl sites for hydroxylation is 1. The first kappa shape index (κ1) is 21.6. The summed E-state index contributed by atoms with van der Waals surface area (Å²) in [5, 5.41) is 16.6. The van der Waals surface area contributed by atoms with E-state index in [0.717, 1.165) is 12.1 Å². The number of hydrogen-bond acceptors (Lipinski definition) is 7. The topological polar surface area (TPSA) is 114 Å². The average molecular weight is 425 g/mol. The van der Waals surface area contributed by atoms with Gasteiger partial charge >= 0.3 is 5.03 Å². The molecule has 0 saturated carbocycles. The van der Waals surface area contributed by atoms with E-state index in [1.54, 1.807) is 24.4 Å². The van der Waals surface area contributed by atoms with Gasteiger partial charge in [0.25, 0.3) is 9.84 Å². The number of unbranched alkanes of at least 4 members (excludes halogenated alkanes) is 1. The van der Waals surface area contributed by atoms with E-state index in [1.165, 1.54) is 31.3 Å². The van der Waals surface area contributed by atoms with Gasteiger partial charge in [0, 0.05) is 19.8 Å². The van der Waals surface area contributed by atoms with E-state index < -0.39 is 19.8 Å². The molecule has 28 heavy (non-hydrogen) atoms. The SMILES string of the molecule is CNC(NCCCCc1ncccc1Cl)=C([N+](=O)[O-])S(=O)(=O)c1ccccc1. The third-order valence-electron chi connectivity index (χ3n) is 3.91. The summed E-state index contributed by atoms with van der Waals surface area (Å²) in [5.74, 6) is -0.148. The first-order chi connectivity index (χ1) is 13.4. The molecule has 2 N–H and O–H groups in total. The van der Waals surface area contributed by atoms with Crippen LogP contribution in [0.5, 0.6) is 0 Å². The Hall–Kier alpha value is -2.65. The highest BCUT2D eigenvalue weighted by atomic mass is 35.5. The van der Waals surface area contributed by atoms with Crippen LogP contribution in [0, 0.1) is 10.1 Å². The van der Waals surface area contributed by atoms with Crippen molar-refractivity contribution in [1.82, 2.24) is 15.6 Å². The molecule has 1 aromatic heterocycles. The fourth-order valence-corrected chi connectivity index (χ4v) is 4.13. The molecular formula is C18H21ClN4O4S. The summed E-state index contributed by atoms with van der Waals surface area (Å²) in [6.45, 7) is 0.349. The summed E-state index contributed by atoms with van der Waals surface area (Å²) in [6, 6.07) is 10.8. The van der Waals surface area contributed by atoms with Crippen molar-refractivity contribution in [2.75, 3.05) is 13.6 Å². The van der Waals surface area contributed by atoms with E-state index in [2.05, 4.69) is 15.6 Å². The van der Waals surface area contributed by atoms with Gasteiger partial charge in [0.05, 0.1) is 20.5 Å². The fraction of sp³-hybridized carbons (Fsp3) is 0.278. The molecule has 0 fully saturated rings. The van der Waals surface area contributed by atoms with Gasteiger partial charge in [0.2, 0.25) is 0 Å². The van der Waals surface area contributed by atoms with Crippen LogP contribution in [0.15, 0.2) is 64.4 Å². The minimum Gasteiger partial charge on any atom is -0.369 e. The molecule has 0 radical (unpaired) electrons. The van der Waals surface area contributed by atoms with Crippen molar-refractivity contribution in [2.24, 2.45) is 0 Å². The van der Waals surface area contributed by atoms with Crippen molar-refractivity contribution in [3.63, 3.8) is 0 Å². The average Bonchev–Trinajstić information content (AvgIpc) is 2.68. The Morgan fingerprint density at radius 3 is 2.50 bits per heavy atom. The molecule has 0 aliphatic carbocycles. The molecule has 1 aromatic carbocycles. The maximum absolute atomic E-state index is 12.7. The number of nitrogens with zero attached hydrogens (tertiary/aromatic N) is 2. The lowest BCUT2D eigenvalue weighted by atomic mass is 10.2. The Kier molecular flexibility index (Phi) is 7.77. The van der Waals surface area contributed by atoms with Gasteiger partial charge in [-0.3, -0.25) is 15.1 Å². The molecule has 2 rings (SSSR count). The van der Waals surface area contributed by atoms with E-state index in [-0.39, 0.29) is 10.7 Å². The fourth-order valence-electron chi connectivity index (χ4n) is 2.54. The van der Waals surface area contributed by atoms with Crippen molar-refractivity contribution >= 4 is 21.4 Å². The zero-order valence-electron chi connectivity index (χ0n) is 15.3. The van der Waals surface area contributed by atoms with Crippen molar-refractivity contribution in [1.29, 1.82) is 0 Å². The van der Waals surface area contributed by atoms with Gasteiger partial charge < -0.3 is 10.6 Å². The summed E-state index contributed by atoms with van der Waals surface area (Å²) in [4.78, 5) is 14.7. The van der Waals surface area contributed by atoms with Gasteiger partial charge in [-0.1, -0.05) is 29.8 Å². The van der Waals surface area contributed by atoms with Crippen LogP contribution in [0.2, 0.25) is 5.02 Å². The van der Waals surface area contributed by atoms with E-state index in [4.69, 9.17) is 11.6 Å². The second kappa shape index (κ2) is 10.0. The minimum atomic E-state index is -4.27. The lowest BCUT2D eigenvalue weighted by molar-refractivity contribution is -0.413. The molecule has 0 aliphatic heterocycles. The van der Waals surface area contributed by atoms with Crippen LogP contribution in [0.1, 0.15) is 18.5 Å². The van der Waals surface area contributed by atoms with Gasteiger partial charge in [-0.05, 0) is 43.5 Å². The van der Waals surface area contributed by atoms with Crippen LogP contribution in [0.3, 0.4) is 0 Å². The third-order valence-corrected chi connectivity index (χ3v) is 6.01. The maximum atomic E-state index is 12.7. The summed E-state index contributed by atoms with van der Waals surface area (Å²) in [5.41, 5.74) is 0.784. The second-order valence-corrected chi connectivity index (χ2v) is 8.09. The number of benzene rings is 1. The van der Waals surface area contributed by atoms with Crippen LogP contribution in [-0.2, 0) is 16.3 Å². The van der Waals surface area contributed by atoms with E-state index >= 15 is 0 Å². The van der Waals surface area contributed by atoms with Crippen LogP contribution >= 0.6 is 11.6 Å². The Morgan fingerprint density at radius 1 is 1.18 bits per heavy atom. The summed E-state index contributed by atoms with van der Waals surface area (Å²) >= 11 is 6.06. The van der Waals surface area contributed by atoms with Crippen LogP contribution in [-0.4, -0.2) is 31.9 Å². The van der Waals surface area contributed by atoms with Crippen LogP contribution in [0.25, 0.3) is 0 Å². The number of aromatic nitrogens is 1. The molecule has 0 amide bonds. The number of nitrogens with one attached hydrogen (secondary N) is 2. The molecule has 1 heterocycles. The molecule has 150 valence electrons. The van der Waals surface area contributed by atoms with Gasteiger partial charge in [-0.2, -0.15) is 0 Å². The van der Waals surface area contributed by atoms with E-state index in [1.807, 2.05) is 0 Å². The van der Waals surface area contributed by atoms with Crippen molar-refractivity contribution in [3.05, 3.63) is 80.3 Å². The maximum Gasteiger partial charge on any atom is 0.403 e. The second-order valence-electron chi connectivity index (χ2n) is 5.82. The highest BCUT2D eigenvalue weighted by Gasteiger charge is 2.35. The molecule has 0 spiro atoms. The monoisotopic (exact) mass is 424 g/mol. The molecule has 2 aromatic rings. The minimum absolute atomic E-state index is 0.138. The van der Waals surface area contributed by atoms with Crippen molar-refractivity contribution < 1.29 is 13.3 Å². The largest absolute Gasteiger partial charge is 0.403 e. The molecule has 0 unspecified atom stereocenters. The van der Waals surface area contributed by atoms with Gasteiger partial charge in [0.15, 0.2) is 5.82 Å². The zero-order chi connectivity index (χ0) is 20.6. The zero-order valence-corrected chi connectivity index (χ0v) is 16.8. The van der Waals surface area contributed by atoms with E-state index in [0.29, 0.717) is 24.4 Å². The Bertz CT molecular complexity index is 949. The highest BCUT2D eigenvalue weighted by molar-refractivity contribution is 7.95. The molecule has 0 atom stereocenters. The molecule has 0 aliphatic rings. The highest BCUT2D eigenvalue weighted by Crippen LogP contribution is 2.21. The standard InChI is InChI=1S/C18H21ClN4O4S/c1-20-17(22-12-6-5-11-16-15(19)10-7-13-21-16)18(23(24)25)28(26,27)14-8-3-2-4-9-14/h2-4,7-10,13,20,22H,5-6,11-12H2,1H3. The van der Waals surface area contributed by atoms with Crippen molar-refractivity contribution in [2.45, 2.75) is 24.2 Å². The Morgan fingerprint density at radius 2 is 1.89 bits per heavy atom. The smallest absolute Gasteiger partial charge is 0.369 e. The quantitative estimate of drug-likeness (QED) is 0.342. The molecule has 0 saturated heterocycles. The van der Waals surface area contributed by atoms with E-state index in [9.17, 15) is 18.5 Å². The number of hydrogen-bond donors (Lipinski definition) is 2. The van der Waals surface area contributed by atoms with Crippen LogP contribution in [0.4, 0.5) is 0 Å². The molecule has 0 bridgehead atoms. The van der Waals surface area contributed by atoms with Crippen molar-refractivity contribution in [3.8, 4) is 0 Å². The number of sulfone groups is 1.